The highest BCUT2D eigenvalue weighted by Gasteiger charge is 2.49. The molecule has 0 aliphatic carbocycles. The van der Waals surface area contributed by atoms with E-state index in [2.05, 4.69) is 24.1 Å². The molecule has 1 aromatic carbocycles. The second-order valence-corrected chi connectivity index (χ2v) is 9.60. The van der Waals surface area contributed by atoms with Gasteiger partial charge in [-0.1, -0.05) is 64.5 Å². The van der Waals surface area contributed by atoms with Gasteiger partial charge in [0.2, 0.25) is 0 Å². The Morgan fingerprint density at radius 3 is 1.62 bits per heavy atom. The number of phenolic OH excluding ortho intramolecular Hbond substituents is 1. The maximum Gasteiger partial charge on any atom is 0.252 e. The molecule has 34 heavy (non-hydrogen) atoms. The van der Waals surface area contributed by atoms with Crippen LogP contribution in [-0.4, -0.2) is 51.5 Å². The van der Waals surface area contributed by atoms with Gasteiger partial charge in [0, 0.05) is 30.4 Å². The zero-order chi connectivity index (χ0) is 24.7. The Kier molecular flexibility index (Phi) is 9.25. The van der Waals surface area contributed by atoms with E-state index in [0.29, 0.717) is 13.1 Å². The number of aromatic hydroxyl groups is 1. The highest BCUT2D eigenvalue weighted by Crippen LogP contribution is 2.41. The van der Waals surface area contributed by atoms with Crippen LogP contribution in [-0.2, 0) is 9.59 Å². The van der Waals surface area contributed by atoms with Crippen molar-refractivity contribution in [2.45, 2.75) is 85.0 Å². The number of benzene rings is 1. The van der Waals surface area contributed by atoms with Crippen molar-refractivity contribution in [3.05, 3.63) is 29.8 Å². The minimum Gasteiger partial charge on any atom is -0.508 e. The fourth-order valence-electron chi connectivity index (χ4n) is 5.08. The molecule has 2 amide bonds. The van der Waals surface area contributed by atoms with Crippen molar-refractivity contribution in [1.29, 1.82) is 0 Å². The summed E-state index contributed by atoms with van der Waals surface area (Å²) in [5, 5.41) is 22.3. The molecule has 7 heteroatoms. The summed E-state index contributed by atoms with van der Waals surface area (Å²) in [4.78, 5) is 27.1. The summed E-state index contributed by atoms with van der Waals surface area (Å²) in [5.74, 6) is -1.38. The van der Waals surface area contributed by atoms with Crippen molar-refractivity contribution in [2.75, 3.05) is 13.1 Å². The number of carbonyl (C=O) groups is 2. The zero-order valence-electron chi connectivity index (χ0n) is 21.2. The average molecular weight is 469 g/mol. The molecule has 2 aliphatic rings. The molecule has 0 fully saturated rings. The van der Waals surface area contributed by atoms with E-state index < -0.39 is 17.8 Å². The van der Waals surface area contributed by atoms with Crippen LogP contribution in [0, 0.1) is 11.8 Å². The van der Waals surface area contributed by atoms with Crippen molar-refractivity contribution in [2.24, 2.45) is 22.0 Å². The van der Waals surface area contributed by atoms with E-state index in [1.165, 1.54) is 0 Å². The largest absolute Gasteiger partial charge is 0.508 e. The molecule has 0 aromatic heterocycles. The van der Waals surface area contributed by atoms with Crippen LogP contribution in [0.3, 0.4) is 0 Å². The molecule has 3 rings (SSSR count). The van der Waals surface area contributed by atoms with Gasteiger partial charge in [0.1, 0.15) is 5.75 Å². The molecule has 0 unspecified atom stereocenters. The molecule has 0 spiro atoms. The summed E-state index contributed by atoms with van der Waals surface area (Å²) in [6.45, 7) is 9.30. The number of phenols is 1. The molecule has 2 atom stereocenters. The molecular formula is C27H40N4O3. The number of rotatable bonds is 13. The monoisotopic (exact) mass is 468 g/mol. The van der Waals surface area contributed by atoms with Crippen LogP contribution in [0.2, 0.25) is 0 Å². The first kappa shape index (κ1) is 25.9. The summed E-state index contributed by atoms with van der Waals surface area (Å²) in [6.07, 6.45) is 8.54. The van der Waals surface area contributed by atoms with Crippen LogP contribution in [0.1, 0.15) is 90.5 Å². The van der Waals surface area contributed by atoms with E-state index in [1.807, 2.05) is 26.0 Å². The fraction of sp³-hybridized carbons (Fsp3) is 0.630. The van der Waals surface area contributed by atoms with Crippen LogP contribution >= 0.6 is 0 Å². The molecule has 0 saturated carbocycles. The zero-order valence-corrected chi connectivity index (χ0v) is 21.2. The lowest BCUT2D eigenvalue weighted by atomic mass is 9.73. The minimum absolute atomic E-state index is 0.0472. The normalized spacial score (nSPS) is 20.5. The number of carbonyl (C=O) groups excluding carboxylic acids is 2. The molecule has 1 aromatic rings. The van der Waals surface area contributed by atoms with E-state index in [9.17, 15) is 14.7 Å². The molecule has 0 bridgehead atoms. The highest BCUT2D eigenvalue weighted by molar-refractivity contribution is 6.12. The Balaban J connectivity index is 1.85. The maximum absolute atomic E-state index is 13.6. The predicted octanol–water partition coefficient (Wildman–Crippen LogP) is 5.31. The summed E-state index contributed by atoms with van der Waals surface area (Å²) in [6, 6.07) is 6.86. The summed E-state index contributed by atoms with van der Waals surface area (Å²) < 4.78 is 0. The first-order valence-corrected chi connectivity index (χ1v) is 12.9. The molecule has 1 N–H and O–H groups in total. The number of nitrogens with zero attached hydrogens (tertiary/aromatic N) is 4. The van der Waals surface area contributed by atoms with Crippen molar-refractivity contribution in [3.63, 3.8) is 0 Å². The van der Waals surface area contributed by atoms with Gasteiger partial charge in [-0.25, -0.2) is 10.0 Å². The van der Waals surface area contributed by atoms with Crippen LogP contribution in [0.4, 0.5) is 0 Å². The van der Waals surface area contributed by atoms with Crippen LogP contribution in [0.25, 0.3) is 0 Å². The van der Waals surface area contributed by atoms with Gasteiger partial charge in [-0.05, 0) is 44.4 Å². The quantitative estimate of drug-likeness (QED) is 0.398. The Morgan fingerprint density at radius 2 is 1.21 bits per heavy atom. The SMILES string of the molecule is CCCCCCN1N=C(C)[C@@H](C(c2ccc(O)cc2)[C@H]2C(=O)N(CCCCCC)N=C2C)C1=O. The topological polar surface area (TPSA) is 85.6 Å². The van der Waals surface area contributed by atoms with Gasteiger partial charge in [-0.3, -0.25) is 9.59 Å². The second-order valence-electron chi connectivity index (χ2n) is 9.60. The fourth-order valence-corrected chi connectivity index (χ4v) is 5.08. The van der Waals surface area contributed by atoms with Gasteiger partial charge in [0.15, 0.2) is 0 Å². The summed E-state index contributed by atoms with van der Waals surface area (Å²) in [5.41, 5.74) is 2.32. The van der Waals surface area contributed by atoms with E-state index in [4.69, 9.17) is 0 Å². The Hall–Kier alpha value is -2.70. The maximum atomic E-state index is 13.6. The molecule has 186 valence electrons. The van der Waals surface area contributed by atoms with Gasteiger partial charge >= 0.3 is 0 Å². The number of hydrazone groups is 2. The van der Waals surface area contributed by atoms with Crippen molar-refractivity contribution >= 4 is 23.2 Å². The van der Waals surface area contributed by atoms with E-state index in [1.54, 1.807) is 22.2 Å². The summed E-state index contributed by atoms with van der Waals surface area (Å²) >= 11 is 0. The van der Waals surface area contributed by atoms with Crippen molar-refractivity contribution in [1.82, 2.24) is 10.0 Å². The molecule has 2 aliphatic heterocycles. The second kappa shape index (κ2) is 12.1. The predicted molar refractivity (Wildman–Crippen MR) is 136 cm³/mol. The summed E-state index contributed by atoms with van der Waals surface area (Å²) in [7, 11) is 0. The van der Waals surface area contributed by atoms with E-state index >= 15 is 0 Å². The Morgan fingerprint density at radius 1 is 0.765 bits per heavy atom. The molecule has 0 saturated heterocycles. The van der Waals surface area contributed by atoms with Crippen molar-refractivity contribution < 1.29 is 14.7 Å². The average Bonchev–Trinajstić information content (AvgIpc) is 3.25. The minimum atomic E-state index is -0.519. The molecule has 7 nitrogen and oxygen atoms in total. The van der Waals surface area contributed by atoms with E-state index in [-0.39, 0.29) is 17.6 Å². The first-order valence-electron chi connectivity index (χ1n) is 12.9. The Bertz CT molecular complexity index is 857. The van der Waals surface area contributed by atoms with Gasteiger partial charge in [-0.2, -0.15) is 10.2 Å². The van der Waals surface area contributed by atoms with Gasteiger partial charge in [-0.15, -0.1) is 0 Å². The third-order valence-corrected chi connectivity index (χ3v) is 6.94. The Labute approximate surface area is 203 Å². The van der Waals surface area contributed by atoms with Crippen LogP contribution < -0.4 is 0 Å². The smallest absolute Gasteiger partial charge is 0.252 e. The lowest BCUT2D eigenvalue weighted by molar-refractivity contribution is -0.135. The molecular weight excluding hydrogens is 428 g/mol. The lowest BCUT2D eigenvalue weighted by Crippen LogP contribution is -2.40. The third kappa shape index (κ3) is 5.86. The third-order valence-electron chi connectivity index (χ3n) is 6.94. The lowest BCUT2D eigenvalue weighted by Gasteiger charge is -2.28. The van der Waals surface area contributed by atoms with Crippen LogP contribution in [0.5, 0.6) is 5.75 Å². The first-order chi connectivity index (χ1) is 16.4. The van der Waals surface area contributed by atoms with E-state index in [0.717, 1.165) is 68.4 Å². The van der Waals surface area contributed by atoms with Gasteiger partial charge in [0.25, 0.3) is 11.8 Å². The molecule has 2 heterocycles. The highest BCUT2D eigenvalue weighted by atomic mass is 16.3. The van der Waals surface area contributed by atoms with Gasteiger partial charge in [0.05, 0.1) is 11.8 Å². The molecule has 0 radical (unpaired) electrons. The number of unbranched alkanes of at least 4 members (excludes halogenated alkanes) is 6. The van der Waals surface area contributed by atoms with Crippen LogP contribution in [0.15, 0.2) is 34.5 Å². The standard InChI is InChI=1S/C27H40N4O3/c1-5-7-9-11-17-30-26(33)23(19(3)28-30)25(21-13-15-22(32)16-14-21)24-20(4)29-31(27(24)34)18-12-10-8-6-2/h13-16,23-25,32H,5-12,17-18H2,1-4H3/t23-,24-/m0/s1. The number of hydrogen-bond donors (Lipinski definition) is 1. The van der Waals surface area contributed by atoms with Crippen molar-refractivity contribution in [3.8, 4) is 5.75 Å². The number of hydrogen-bond acceptors (Lipinski definition) is 5. The number of amides is 2. The van der Waals surface area contributed by atoms with Gasteiger partial charge < -0.3 is 5.11 Å².